The highest BCUT2D eigenvalue weighted by molar-refractivity contribution is 6.31. The zero-order chi connectivity index (χ0) is 15.5. The van der Waals surface area contributed by atoms with Crippen LogP contribution >= 0.6 is 11.6 Å². The van der Waals surface area contributed by atoms with Gasteiger partial charge in [-0.25, -0.2) is 4.90 Å². The van der Waals surface area contributed by atoms with E-state index in [2.05, 4.69) is 5.32 Å². The van der Waals surface area contributed by atoms with Gasteiger partial charge in [-0.05, 0) is 29.8 Å². The summed E-state index contributed by atoms with van der Waals surface area (Å²) >= 11 is 5.92. The molecule has 0 radical (unpaired) electrons. The fourth-order valence-electron chi connectivity index (χ4n) is 2.26. The third kappa shape index (κ3) is 2.87. The number of nitrogens with one attached hydrogen (secondary N) is 1. The second kappa shape index (κ2) is 6.03. The van der Waals surface area contributed by atoms with Gasteiger partial charge in [0.1, 0.15) is 5.70 Å². The number of hydrogen-bond acceptors (Lipinski definition) is 3. The highest BCUT2D eigenvalue weighted by atomic mass is 35.5. The van der Waals surface area contributed by atoms with E-state index in [-0.39, 0.29) is 17.5 Å². The summed E-state index contributed by atoms with van der Waals surface area (Å²) in [5, 5.41) is 3.63. The molecule has 0 fully saturated rings. The average Bonchev–Trinajstić information content (AvgIpc) is 2.80. The Morgan fingerprint density at radius 2 is 1.77 bits per heavy atom. The van der Waals surface area contributed by atoms with Crippen molar-refractivity contribution in [3.8, 4) is 0 Å². The standard InChI is InChI=1S/C17H13ClN2O2/c18-13-6-4-5-12(9-13)11-19-15-10-16(21)20(17(15)22)14-7-2-1-3-8-14/h1-10,19H,11H2. The van der Waals surface area contributed by atoms with Crippen LogP contribution in [0.1, 0.15) is 5.56 Å². The van der Waals surface area contributed by atoms with Crippen LogP contribution in [0.3, 0.4) is 0 Å². The summed E-state index contributed by atoms with van der Waals surface area (Å²) < 4.78 is 0. The second-order valence-corrected chi connectivity index (χ2v) is 5.29. The molecule has 0 atom stereocenters. The van der Waals surface area contributed by atoms with Gasteiger partial charge in [0.25, 0.3) is 11.8 Å². The molecule has 0 spiro atoms. The summed E-state index contributed by atoms with van der Waals surface area (Å²) in [5.74, 6) is -0.692. The minimum atomic E-state index is -0.349. The highest BCUT2D eigenvalue weighted by Crippen LogP contribution is 2.21. The Labute approximate surface area is 133 Å². The number of carbonyl (C=O) groups excluding carboxylic acids is 2. The quantitative estimate of drug-likeness (QED) is 0.883. The van der Waals surface area contributed by atoms with Crippen LogP contribution in [0, 0.1) is 0 Å². The molecule has 1 aliphatic heterocycles. The number of rotatable bonds is 4. The van der Waals surface area contributed by atoms with Gasteiger partial charge in [-0.3, -0.25) is 9.59 Å². The average molecular weight is 313 g/mol. The predicted octanol–water partition coefficient (Wildman–Crippen LogP) is 2.89. The number of benzene rings is 2. The van der Waals surface area contributed by atoms with Gasteiger partial charge in [-0.1, -0.05) is 41.9 Å². The predicted molar refractivity (Wildman–Crippen MR) is 85.3 cm³/mol. The van der Waals surface area contributed by atoms with Crippen molar-refractivity contribution in [3.05, 3.63) is 77.0 Å². The molecule has 22 heavy (non-hydrogen) atoms. The lowest BCUT2D eigenvalue weighted by Gasteiger charge is -2.15. The van der Waals surface area contributed by atoms with Gasteiger partial charge in [0.05, 0.1) is 5.69 Å². The lowest BCUT2D eigenvalue weighted by molar-refractivity contribution is -0.120. The van der Waals surface area contributed by atoms with Crippen molar-refractivity contribution in [1.82, 2.24) is 5.32 Å². The molecule has 4 nitrogen and oxygen atoms in total. The number of carbonyl (C=O) groups is 2. The molecule has 1 aliphatic rings. The second-order valence-electron chi connectivity index (χ2n) is 4.86. The largest absolute Gasteiger partial charge is 0.376 e. The molecule has 0 bridgehead atoms. The first-order valence-electron chi connectivity index (χ1n) is 6.78. The zero-order valence-electron chi connectivity index (χ0n) is 11.6. The molecule has 0 unspecified atom stereocenters. The minimum absolute atomic E-state index is 0.286. The Bertz CT molecular complexity index is 756. The van der Waals surface area contributed by atoms with Crippen LogP contribution in [0.4, 0.5) is 5.69 Å². The van der Waals surface area contributed by atoms with Crippen LogP contribution in [-0.4, -0.2) is 11.8 Å². The first-order valence-corrected chi connectivity index (χ1v) is 7.16. The Hall–Kier alpha value is -2.59. The number of para-hydroxylation sites is 1. The summed E-state index contributed by atoms with van der Waals surface area (Å²) in [6.07, 6.45) is 1.32. The molecule has 0 saturated heterocycles. The van der Waals surface area contributed by atoms with E-state index in [1.807, 2.05) is 24.3 Å². The number of hydrogen-bond donors (Lipinski definition) is 1. The minimum Gasteiger partial charge on any atom is -0.376 e. The summed E-state index contributed by atoms with van der Waals surface area (Å²) in [6.45, 7) is 0.425. The molecule has 0 saturated carbocycles. The Kier molecular flexibility index (Phi) is 3.94. The van der Waals surface area contributed by atoms with Crippen LogP contribution in [0.15, 0.2) is 66.4 Å². The molecule has 110 valence electrons. The molecular formula is C17H13ClN2O2. The molecule has 2 aromatic rings. The number of anilines is 1. The van der Waals surface area contributed by atoms with E-state index in [0.29, 0.717) is 17.3 Å². The van der Waals surface area contributed by atoms with E-state index in [1.165, 1.54) is 6.08 Å². The van der Waals surface area contributed by atoms with Crippen LogP contribution < -0.4 is 10.2 Å². The smallest absolute Gasteiger partial charge is 0.281 e. The summed E-state index contributed by atoms with van der Waals surface area (Å²) in [6, 6.07) is 16.2. The van der Waals surface area contributed by atoms with Crippen LogP contribution in [0.2, 0.25) is 5.02 Å². The van der Waals surface area contributed by atoms with Gasteiger partial charge in [0.15, 0.2) is 0 Å². The van der Waals surface area contributed by atoms with Crippen molar-refractivity contribution in [2.45, 2.75) is 6.54 Å². The van der Waals surface area contributed by atoms with Crippen molar-refractivity contribution in [1.29, 1.82) is 0 Å². The van der Waals surface area contributed by atoms with Crippen molar-refractivity contribution in [3.63, 3.8) is 0 Å². The number of nitrogens with zero attached hydrogens (tertiary/aromatic N) is 1. The van der Waals surface area contributed by atoms with Gasteiger partial charge >= 0.3 is 0 Å². The SMILES string of the molecule is O=C1C=C(NCc2cccc(Cl)c2)C(=O)N1c1ccccc1. The van der Waals surface area contributed by atoms with E-state index in [9.17, 15) is 9.59 Å². The highest BCUT2D eigenvalue weighted by Gasteiger charge is 2.32. The summed E-state index contributed by atoms with van der Waals surface area (Å²) in [4.78, 5) is 25.5. The Balaban J connectivity index is 1.72. The lowest BCUT2D eigenvalue weighted by Crippen LogP contribution is -2.33. The zero-order valence-corrected chi connectivity index (χ0v) is 12.4. The van der Waals surface area contributed by atoms with E-state index in [1.54, 1.807) is 30.3 Å². The van der Waals surface area contributed by atoms with Crippen molar-refractivity contribution < 1.29 is 9.59 Å². The maximum Gasteiger partial charge on any atom is 0.281 e. The molecule has 5 heteroatoms. The summed E-state index contributed by atoms with van der Waals surface area (Å²) in [7, 11) is 0. The topological polar surface area (TPSA) is 49.4 Å². The molecular weight excluding hydrogens is 300 g/mol. The van der Waals surface area contributed by atoms with E-state index >= 15 is 0 Å². The summed E-state index contributed by atoms with van der Waals surface area (Å²) in [5.41, 5.74) is 1.79. The van der Waals surface area contributed by atoms with Crippen LogP contribution in [0.5, 0.6) is 0 Å². The van der Waals surface area contributed by atoms with E-state index in [4.69, 9.17) is 11.6 Å². The fraction of sp³-hybridized carbons (Fsp3) is 0.0588. The Morgan fingerprint density at radius 1 is 1.00 bits per heavy atom. The van der Waals surface area contributed by atoms with Crippen molar-refractivity contribution in [2.24, 2.45) is 0 Å². The molecule has 2 amide bonds. The van der Waals surface area contributed by atoms with Crippen molar-refractivity contribution in [2.75, 3.05) is 4.90 Å². The van der Waals surface area contributed by atoms with Gasteiger partial charge < -0.3 is 5.32 Å². The maximum absolute atomic E-state index is 12.4. The normalized spacial score (nSPS) is 14.2. The maximum atomic E-state index is 12.4. The van der Waals surface area contributed by atoms with Crippen LogP contribution in [-0.2, 0) is 16.1 Å². The first-order chi connectivity index (χ1) is 10.6. The van der Waals surface area contributed by atoms with Gasteiger partial charge in [-0.15, -0.1) is 0 Å². The van der Waals surface area contributed by atoms with Crippen molar-refractivity contribution >= 4 is 29.1 Å². The monoisotopic (exact) mass is 312 g/mol. The number of amides is 2. The number of halogens is 1. The molecule has 2 aromatic carbocycles. The van der Waals surface area contributed by atoms with Gasteiger partial charge in [0.2, 0.25) is 0 Å². The molecule has 3 rings (SSSR count). The van der Waals surface area contributed by atoms with Gasteiger partial charge in [0, 0.05) is 17.6 Å². The lowest BCUT2D eigenvalue weighted by atomic mass is 10.2. The molecule has 1 heterocycles. The fourth-order valence-corrected chi connectivity index (χ4v) is 2.48. The Morgan fingerprint density at radius 3 is 2.50 bits per heavy atom. The first kappa shape index (κ1) is 14.4. The van der Waals surface area contributed by atoms with E-state index < -0.39 is 0 Å². The molecule has 1 N–H and O–H groups in total. The van der Waals surface area contributed by atoms with Crippen LogP contribution in [0.25, 0.3) is 0 Å². The third-order valence-corrected chi connectivity index (χ3v) is 3.54. The number of imide groups is 1. The van der Waals surface area contributed by atoms with Gasteiger partial charge in [-0.2, -0.15) is 0 Å². The molecule has 0 aromatic heterocycles. The van der Waals surface area contributed by atoms with E-state index in [0.717, 1.165) is 10.5 Å². The molecule has 0 aliphatic carbocycles. The third-order valence-electron chi connectivity index (χ3n) is 3.31.